The molecule has 5 nitrogen and oxygen atoms in total. The van der Waals surface area contributed by atoms with Crippen molar-refractivity contribution in [2.45, 2.75) is 13.1 Å². The van der Waals surface area contributed by atoms with Crippen molar-refractivity contribution in [1.82, 2.24) is 15.1 Å². The molecular formula is C13H13ClFN3O2. The molecule has 0 aliphatic heterocycles. The molecule has 0 saturated heterocycles. The molecule has 0 radical (unpaired) electrons. The fourth-order valence-corrected chi connectivity index (χ4v) is 2.03. The predicted molar refractivity (Wildman–Crippen MR) is 72.1 cm³/mol. The number of rotatable bonds is 5. The summed E-state index contributed by atoms with van der Waals surface area (Å²) in [7, 11) is 1.68. The lowest BCUT2D eigenvalue weighted by molar-refractivity contribution is 0.0695. The fourth-order valence-electron chi connectivity index (χ4n) is 1.83. The highest BCUT2D eigenvalue weighted by Crippen LogP contribution is 2.16. The summed E-state index contributed by atoms with van der Waals surface area (Å²) in [4.78, 5) is 11.0. The average molecular weight is 298 g/mol. The highest BCUT2D eigenvalue weighted by atomic mass is 35.5. The molecule has 2 rings (SSSR count). The smallest absolute Gasteiger partial charge is 0.339 e. The van der Waals surface area contributed by atoms with Crippen LogP contribution in [0.3, 0.4) is 0 Å². The van der Waals surface area contributed by atoms with Crippen LogP contribution >= 0.6 is 11.6 Å². The van der Waals surface area contributed by atoms with E-state index < -0.39 is 11.8 Å². The Bertz CT molecular complexity index is 643. The van der Waals surface area contributed by atoms with E-state index in [0.29, 0.717) is 18.8 Å². The van der Waals surface area contributed by atoms with Crippen molar-refractivity contribution in [3.8, 4) is 0 Å². The molecule has 0 spiro atoms. The molecule has 0 atom stereocenters. The van der Waals surface area contributed by atoms with E-state index in [4.69, 9.17) is 16.7 Å². The third kappa shape index (κ3) is 3.15. The Morgan fingerprint density at radius 3 is 2.90 bits per heavy atom. The van der Waals surface area contributed by atoms with Crippen LogP contribution in [0, 0.1) is 5.82 Å². The van der Waals surface area contributed by atoms with Crippen molar-refractivity contribution in [3.63, 3.8) is 0 Å². The summed E-state index contributed by atoms with van der Waals surface area (Å²) in [5, 5.41) is 16.1. The van der Waals surface area contributed by atoms with Crippen LogP contribution in [0.4, 0.5) is 4.39 Å². The van der Waals surface area contributed by atoms with Crippen LogP contribution in [0.1, 0.15) is 21.6 Å². The lowest BCUT2D eigenvalue weighted by Gasteiger charge is -2.07. The number of hydrogen-bond acceptors (Lipinski definition) is 3. The number of carboxylic acid groups (broad SMARTS) is 1. The van der Waals surface area contributed by atoms with Crippen molar-refractivity contribution in [2.75, 3.05) is 0 Å². The number of nitrogens with one attached hydrogen (secondary N) is 1. The third-order valence-electron chi connectivity index (χ3n) is 2.90. The number of carbonyl (C=O) groups is 1. The predicted octanol–water partition coefficient (Wildman–Crippen LogP) is 2.20. The maximum atomic E-state index is 13.0. The zero-order valence-corrected chi connectivity index (χ0v) is 11.5. The summed E-state index contributed by atoms with van der Waals surface area (Å²) < 4.78 is 14.5. The van der Waals surface area contributed by atoms with Gasteiger partial charge in [-0.15, -0.1) is 0 Å². The molecule has 0 unspecified atom stereocenters. The molecule has 0 saturated carbocycles. The van der Waals surface area contributed by atoms with Gasteiger partial charge >= 0.3 is 5.97 Å². The van der Waals surface area contributed by atoms with E-state index >= 15 is 0 Å². The van der Waals surface area contributed by atoms with Gasteiger partial charge in [-0.3, -0.25) is 4.68 Å². The lowest BCUT2D eigenvalue weighted by Crippen LogP contribution is -2.17. The van der Waals surface area contributed by atoms with Gasteiger partial charge in [0, 0.05) is 20.1 Å². The number of aromatic carboxylic acids is 1. The Labute approximate surface area is 120 Å². The molecule has 1 aromatic carbocycles. The zero-order chi connectivity index (χ0) is 14.7. The van der Waals surface area contributed by atoms with Gasteiger partial charge in [-0.1, -0.05) is 17.7 Å². The number of carboxylic acids is 1. The van der Waals surface area contributed by atoms with Gasteiger partial charge < -0.3 is 10.4 Å². The molecule has 106 valence electrons. The van der Waals surface area contributed by atoms with Gasteiger partial charge in [0.25, 0.3) is 0 Å². The second kappa shape index (κ2) is 6.02. The number of hydrogen-bond donors (Lipinski definition) is 2. The normalized spacial score (nSPS) is 10.8. The number of halogens is 2. The van der Waals surface area contributed by atoms with E-state index in [1.165, 1.54) is 23.0 Å². The Hall–Kier alpha value is -1.92. The summed E-state index contributed by atoms with van der Waals surface area (Å²) in [5.74, 6) is -1.48. The maximum absolute atomic E-state index is 13.0. The van der Waals surface area contributed by atoms with Crippen molar-refractivity contribution >= 4 is 17.6 Å². The maximum Gasteiger partial charge on any atom is 0.339 e. The van der Waals surface area contributed by atoms with Gasteiger partial charge in [0.2, 0.25) is 0 Å². The summed E-state index contributed by atoms with van der Waals surface area (Å²) >= 11 is 5.69. The molecule has 20 heavy (non-hydrogen) atoms. The first kappa shape index (κ1) is 14.5. The molecule has 0 bridgehead atoms. The molecule has 1 heterocycles. The number of aryl methyl sites for hydroxylation is 1. The molecule has 2 N–H and O–H groups in total. The van der Waals surface area contributed by atoms with Gasteiger partial charge in [-0.05, 0) is 17.7 Å². The van der Waals surface area contributed by atoms with Crippen LogP contribution in [-0.4, -0.2) is 20.9 Å². The van der Waals surface area contributed by atoms with E-state index in [9.17, 15) is 9.18 Å². The van der Waals surface area contributed by atoms with Crippen LogP contribution in [-0.2, 0) is 20.1 Å². The highest BCUT2D eigenvalue weighted by molar-refractivity contribution is 6.30. The fraction of sp³-hybridized carbons (Fsp3) is 0.231. The van der Waals surface area contributed by atoms with Gasteiger partial charge in [-0.25, -0.2) is 9.18 Å². The van der Waals surface area contributed by atoms with E-state index in [1.54, 1.807) is 13.1 Å². The third-order valence-corrected chi connectivity index (χ3v) is 3.19. The number of benzene rings is 1. The molecule has 0 aliphatic carbocycles. The van der Waals surface area contributed by atoms with Crippen LogP contribution in [0.2, 0.25) is 5.02 Å². The molecular weight excluding hydrogens is 285 g/mol. The first-order chi connectivity index (χ1) is 9.49. The van der Waals surface area contributed by atoms with E-state index in [-0.39, 0.29) is 10.6 Å². The molecule has 0 amide bonds. The van der Waals surface area contributed by atoms with Crippen LogP contribution in [0.25, 0.3) is 0 Å². The quantitative estimate of drug-likeness (QED) is 0.888. The Kier molecular flexibility index (Phi) is 4.36. The first-order valence-electron chi connectivity index (χ1n) is 5.88. The Balaban J connectivity index is 2.01. The second-order valence-electron chi connectivity index (χ2n) is 4.29. The molecule has 0 aliphatic rings. The topological polar surface area (TPSA) is 67.2 Å². The van der Waals surface area contributed by atoms with Crippen molar-refractivity contribution in [1.29, 1.82) is 0 Å². The number of nitrogens with zero attached hydrogens (tertiary/aromatic N) is 2. The summed E-state index contributed by atoms with van der Waals surface area (Å²) in [6, 6.07) is 4.45. The van der Waals surface area contributed by atoms with Crippen molar-refractivity contribution in [2.24, 2.45) is 7.05 Å². The van der Waals surface area contributed by atoms with Gasteiger partial charge in [0.15, 0.2) is 0 Å². The minimum atomic E-state index is -1.01. The molecule has 0 fully saturated rings. The Morgan fingerprint density at radius 2 is 2.25 bits per heavy atom. The Morgan fingerprint density at radius 1 is 1.50 bits per heavy atom. The van der Waals surface area contributed by atoms with Crippen LogP contribution in [0.5, 0.6) is 0 Å². The number of aromatic nitrogens is 2. The lowest BCUT2D eigenvalue weighted by atomic mass is 10.2. The van der Waals surface area contributed by atoms with E-state index in [2.05, 4.69) is 10.4 Å². The van der Waals surface area contributed by atoms with Crippen molar-refractivity contribution < 1.29 is 14.3 Å². The standard InChI is InChI=1S/C13H13ClFN3O2/c1-18-12(9(6-17-18)13(19)20)7-16-5-8-2-3-11(15)10(14)4-8/h2-4,6,16H,5,7H2,1H3,(H,19,20). The van der Waals surface area contributed by atoms with Gasteiger partial charge in [0.05, 0.1) is 16.9 Å². The summed E-state index contributed by atoms with van der Waals surface area (Å²) in [6.07, 6.45) is 1.31. The zero-order valence-electron chi connectivity index (χ0n) is 10.7. The SMILES string of the molecule is Cn1ncc(C(=O)O)c1CNCc1ccc(F)c(Cl)c1. The minimum absolute atomic E-state index is 0.0658. The monoisotopic (exact) mass is 297 g/mol. The summed E-state index contributed by atoms with van der Waals surface area (Å²) in [5.41, 5.74) is 1.55. The van der Waals surface area contributed by atoms with Crippen molar-refractivity contribution in [3.05, 3.63) is 52.1 Å². The van der Waals surface area contributed by atoms with Gasteiger partial charge in [-0.2, -0.15) is 5.10 Å². The molecule has 7 heteroatoms. The first-order valence-corrected chi connectivity index (χ1v) is 6.25. The summed E-state index contributed by atoms with van der Waals surface area (Å²) in [6.45, 7) is 0.789. The van der Waals surface area contributed by atoms with Crippen LogP contribution in [0.15, 0.2) is 24.4 Å². The van der Waals surface area contributed by atoms with E-state index in [0.717, 1.165) is 5.56 Å². The van der Waals surface area contributed by atoms with Gasteiger partial charge in [0.1, 0.15) is 11.4 Å². The van der Waals surface area contributed by atoms with Crippen LogP contribution < -0.4 is 5.32 Å². The largest absolute Gasteiger partial charge is 0.478 e. The highest BCUT2D eigenvalue weighted by Gasteiger charge is 2.14. The average Bonchev–Trinajstić information content (AvgIpc) is 2.76. The molecule has 1 aromatic heterocycles. The second-order valence-corrected chi connectivity index (χ2v) is 4.69. The van der Waals surface area contributed by atoms with E-state index in [1.807, 2.05) is 0 Å². The minimum Gasteiger partial charge on any atom is -0.478 e. The molecule has 2 aromatic rings.